The number of nitrogens with two attached hydrogens (primary N) is 1. The Morgan fingerprint density at radius 1 is 0.412 bits per heavy atom. The van der Waals surface area contributed by atoms with Gasteiger partial charge in [0.25, 0.3) is 11.8 Å². The van der Waals surface area contributed by atoms with E-state index in [9.17, 15) is 9.59 Å². The molecular weight excluding hydrogens is 1670 g/mol. The number of hydrogen-bond donors (Lipinski definition) is 3. The summed E-state index contributed by atoms with van der Waals surface area (Å²) in [5.74, 6) is -0.273. The standard InChI is InChI=1S/C29H26N6OS.C29H28N6O.C14H20N4S.C4H8O.CH4.B38/c1-33(2)15-8-16-35-24-13-6-4-11-21(24)27(32-35)26-25(28(36)31-29(26)37)22-18-34(19-9-7-14-30-17-19)23-12-5-3-10-20(22)23;1-33(2)15-8-16-35-26-13-6-4-11-22(26)28(32-35)23-18-31-29(36)27(23)24-19-34(20-9-7-14-30-17-20)25-12-5-3-10-21(24)25;1-17(2)8-5-9-18-13-7-4-3-6-11(13)12(16-18)10-14(15)19;1-2-4-5-3-1;;1-21(2)31(22(3)4)36(32(23(5)6)24(7)8)38(35(29(17)18)30(19)20)37(33(25(9)10)26(11)12)34(27(13)14)28(15)16/h3-7,9-14,17-18H,8,15-16H2,1-2H3,(H,31,36,37);3-7,9-14,17,19H,8,15-16,18H2,1-2H3,(H,31,36);3-4,6-7H,5,8-10H2,1-2H3,(H2,15,19);1-4H2;1H4;. The van der Waals surface area contributed by atoms with Crippen LogP contribution < -0.4 is 16.4 Å². The molecule has 0 saturated carbocycles. The maximum Gasteiger partial charge on any atom is 0.257 e. The number of amides is 2. The van der Waals surface area contributed by atoms with Crippen LogP contribution in [0.1, 0.15) is 67.7 Å². The molecule has 3 aliphatic rings. The fourth-order valence-corrected chi connectivity index (χ4v) is 19.5. The first-order chi connectivity index (χ1) is 64.4. The molecule has 7 aromatic heterocycles. The highest BCUT2D eigenvalue weighted by molar-refractivity contribution is 8.31. The molecule has 0 unspecified atom stereocenters. The van der Waals surface area contributed by atoms with Crippen LogP contribution in [-0.4, -0.2) is 436 Å². The van der Waals surface area contributed by atoms with Crippen LogP contribution in [0.3, 0.4) is 0 Å². The first-order valence-corrected chi connectivity index (χ1v) is 46.2. The van der Waals surface area contributed by atoms with E-state index >= 15 is 0 Å². The van der Waals surface area contributed by atoms with Crippen LogP contribution in [-0.2, 0) is 40.4 Å². The number of fused-ring (bicyclic) bond motifs is 5. The van der Waals surface area contributed by atoms with E-state index < -0.39 is 115 Å². The molecule has 1 fully saturated rings. The normalized spacial score (nSPS) is 12.6. The van der Waals surface area contributed by atoms with Crippen molar-refractivity contribution in [3.8, 4) is 11.4 Å². The van der Waals surface area contributed by atoms with Gasteiger partial charge in [-0.1, -0.05) is 123 Å². The molecular formula is C77H86B38N16O3S2. The van der Waals surface area contributed by atoms with Gasteiger partial charge in [0.2, 0.25) is 0 Å². The number of carbonyl (C=O) groups is 2. The minimum atomic E-state index is -1.20. The van der Waals surface area contributed by atoms with Crippen molar-refractivity contribution in [1.29, 1.82) is 0 Å². The van der Waals surface area contributed by atoms with Crippen molar-refractivity contribution in [3.05, 3.63) is 211 Å². The molecule has 3 aliphatic heterocycles. The molecule has 5 aromatic carbocycles. The second-order valence-corrected chi connectivity index (χ2v) is 36.5. The molecule has 4 N–H and O–H groups in total. The number of pyridine rings is 2. The van der Waals surface area contributed by atoms with E-state index in [4.69, 9.17) is 200 Å². The number of thiocarbonyl (C=S) groups is 2. The molecule has 0 aliphatic carbocycles. The third-order valence-electron chi connectivity index (χ3n) is 24.9. The molecule has 0 atom stereocenters. The van der Waals surface area contributed by atoms with Crippen LogP contribution in [0.5, 0.6) is 0 Å². The Bertz CT molecular complexity index is 5900. The zero-order valence-electron chi connectivity index (χ0n) is 77.8. The highest BCUT2D eigenvalue weighted by Gasteiger charge is 2.57. The van der Waals surface area contributed by atoms with Gasteiger partial charge in [0, 0.05) is 384 Å². The number of nitrogens with zero attached hydrogens (tertiary/aromatic N) is 13. The lowest BCUT2D eigenvalue weighted by atomic mass is 8.28. The Kier molecular flexibility index (Phi) is 42.2. The van der Waals surface area contributed by atoms with Crippen LogP contribution >= 0.6 is 24.4 Å². The maximum atomic E-state index is 13.4. The summed E-state index contributed by atoms with van der Waals surface area (Å²) in [7, 11) is 136. The minimum absolute atomic E-state index is 0. The van der Waals surface area contributed by atoms with Gasteiger partial charge in [0.05, 0.1) is 84.4 Å². The van der Waals surface area contributed by atoms with Crippen molar-refractivity contribution in [2.75, 3.05) is 81.7 Å². The fourth-order valence-electron chi connectivity index (χ4n) is 19.0. The molecule has 2 amide bonds. The quantitative estimate of drug-likeness (QED) is 0.0282. The lowest BCUT2D eigenvalue weighted by Crippen LogP contribution is -2.92. The Hall–Kier alpha value is -7.40. The van der Waals surface area contributed by atoms with Gasteiger partial charge < -0.3 is 44.9 Å². The van der Waals surface area contributed by atoms with Gasteiger partial charge in [0.15, 0.2) is 0 Å². The zero-order valence-corrected chi connectivity index (χ0v) is 79.4. The lowest BCUT2D eigenvalue weighted by molar-refractivity contribution is -0.115. The predicted octanol–water partition coefficient (Wildman–Crippen LogP) is -2.16. The van der Waals surface area contributed by atoms with Crippen molar-refractivity contribution >= 4 is 393 Å². The van der Waals surface area contributed by atoms with E-state index in [2.05, 4.69) is 156 Å². The van der Waals surface area contributed by atoms with Gasteiger partial charge in [-0.3, -0.25) is 33.6 Å². The molecule has 12 aromatic rings. The summed E-state index contributed by atoms with van der Waals surface area (Å²) in [6.45, 7) is 7.97. The van der Waals surface area contributed by atoms with Gasteiger partial charge in [-0.2, -0.15) is 15.3 Å². The largest absolute Gasteiger partial charge is 0.393 e. The van der Waals surface area contributed by atoms with Crippen molar-refractivity contribution in [1.82, 2.24) is 73.8 Å². The number of ether oxygens (including phenoxy) is 1. The van der Waals surface area contributed by atoms with E-state index in [1.165, 1.54) is 12.8 Å². The number of para-hydroxylation sites is 5. The Labute approximate surface area is 849 Å². The summed E-state index contributed by atoms with van der Waals surface area (Å²) in [6, 6.07) is 48.8. The lowest BCUT2D eigenvalue weighted by Gasteiger charge is -2.53. The highest BCUT2D eigenvalue weighted by Crippen LogP contribution is 2.41. The fraction of sp³-hybridized carbons (Fsp3) is 0.286. The number of aryl methyl sites for hydroxylation is 3. The van der Waals surface area contributed by atoms with E-state index in [0.29, 0.717) is 39.7 Å². The van der Waals surface area contributed by atoms with Gasteiger partial charge in [-0.05, 0) is 149 Å². The highest BCUT2D eigenvalue weighted by atomic mass is 32.1. The molecule has 19 nitrogen and oxygen atoms in total. The summed E-state index contributed by atoms with van der Waals surface area (Å²) in [6.07, 6.45) is -2.63. The summed E-state index contributed by atoms with van der Waals surface area (Å²) in [4.78, 5) is 42.7. The van der Waals surface area contributed by atoms with Crippen molar-refractivity contribution < 1.29 is 14.3 Å². The van der Waals surface area contributed by atoms with Crippen LogP contribution in [0.2, 0.25) is 0 Å². The van der Waals surface area contributed by atoms with E-state index in [0.717, 1.165) is 171 Å². The van der Waals surface area contributed by atoms with Gasteiger partial charge >= 0.3 is 0 Å². The SMILES string of the molecule is C.C1CCOC1.CN(C)CCCn1nc(C2=C(c3cn(-c4cccnc4)c4ccccc34)C(=O)NC2)c2ccccc21.CN(C)CCCn1nc(C2=C(c3cn(-c4cccnc4)c4ccccc34)C(=O)NC2=S)c2ccccc21.CN(C)CCCn1nc(CC(N)=S)c2ccccc21.[B]B([B])B(B([B])[B])B(B(B([B])[B])B([B])[B])B(B(B([B])[B])B([B])[B])B(B(B([B])[B])B([B])[B])B(B([B])[B])B([B])[B]. The average molecular weight is 1760 g/mol. The molecule has 15 rings (SSSR count). The van der Waals surface area contributed by atoms with Gasteiger partial charge in [-0.15, -0.1) is 0 Å². The van der Waals surface area contributed by atoms with E-state index in [1.54, 1.807) is 12.4 Å². The summed E-state index contributed by atoms with van der Waals surface area (Å²) in [5.41, 5.74) is 20.0. The first-order valence-electron chi connectivity index (χ1n) is 45.3. The maximum absolute atomic E-state index is 13.4. The molecule has 59 heteroatoms. The summed E-state index contributed by atoms with van der Waals surface area (Å²) < 4.78 is 15.3. The molecule has 618 valence electrons. The second kappa shape index (κ2) is 51.8. The van der Waals surface area contributed by atoms with Crippen LogP contribution in [0.4, 0.5) is 0 Å². The van der Waals surface area contributed by atoms with Crippen molar-refractivity contribution in [2.24, 2.45) is 5.73 Å². The zero-order chi connectivity index (χ0) is 97.9. The number of benzene rings is 5. The van der Waals surface area contributed by atoms with E-state index in [-0.39, 0.29) is 19.2 Å². The number of hydrogen-bond acceptors (Lipinski definition) is 13. The topological polar surface area (TPSA) is 192 Å². The third kappa shape index (κ3) is 27.1. The number of carbonyl (C=O) groups excluding carboxylic acids is 2. The summed E-state index contributed by atoms with van der Waals surface area (Å²) >= 11 is 10.7. The molecule has 40 radical (unpaired) electrons. The van der Waals surface area contributed by atoms with E-state index in [1.807, 2.05) is 120 Å². The average Bonchev–Trinajstić information content (AvgIpc) is 1.58. The van der Waals surface area contributed by atoms with Crippen molar-refractivity contribution in [2.45, 2.75) is 65.6 Å². The van der Waals surface area contributed by atoms with Crippen LogP contribution in [0.25, 0.3) is 88.2 Å². The number of rotatable bonds is 37. The molecule has 136 heavy (non-hydrogen) atoms. The van der Waals surface area contributed by atoms with Crippen LogP contribution in [0.15, 0.2) is 183 Å². The number of nitrogens with one attached hydrogen (secondary N) is 2. The molecule has 0 bridgehead atoms. The third-order valence-corrected chi connectivity index (χ3v) is 25.4. The smallest absolute Gasteiger partial charge is 0.257 e. The monoisotopic (exact) mass is 1770 g/mol. The van der Waals surface area contributed by atoms with Gasteiger partial charge in [-0.25, -0.2) is 0 Å². The van der Waals surface area contributed by atoms with Crippen LogP contribution in [0, 0.1) is 0 Å². The minimum Gasteiger partial charge on any atom is -0.393 e. The Morgan fingerprint density at radius 2 is 0.743 bits per heavy atom. The summed E-state index contributed by atoms with van der Waals surface area (Å²) in [5, 5.41) is 25.9. The second-order valence-electron chi connectivity index (χ2n) is 35.5. The number of aromatic nitrogens is 10. The Balaban J connectivity index is 0.000000187. The first kappa shape index (κ1) is 111. The van der Waals surface area contributed by atoms with Gasteiger partial charge in [0.1, 0.15) is 10.7 Å². The molecule has 1 saturated heterocycles. The predicted molar refractivity (Wildman–Crippen MR) is 624 cm³/mol. The molecule has 10 heterocycles. The Morgan fingerprint density at radius 3 is 1.10 bits per heavy atom. The van der Waals surface area contributed by atoms with Crippen molar-refractivity contribution in [3.63, 3.8) is 0 Å². The molecule has 0 spiro atoms.